The van der Waals surface area contributed by atoms with Gasteiger partial charge in [-0.05, 0) is 24.8 Å². The number of aromatic amines is 1. The van der Waals surface area contributed by atoms with E-state index in [0.29, 0.717) is 29.5 Å². The third kappa shape index (κ3) is 3.65. The van der Waals surface area contributed by atoms with Crippen molar-refractivity contribution >= 4 is 23.7 Å². The predicted octanol–water partition coefficient (Wildman–Crippen LogP) is 1.03. The van der Waals surface area contributed by atoms with Crippen molar-refractivity contribution < 1.29 is 18.9 Å². The van der Waals surface area contributed by atoms with Crippen molar-refractivity contribution in [2.75, 3.05) is 0 Å². The normalized spacial score (nSPS) is 14.3. The molecule has 0 radical (unpaired) electrons. The van der Waals surface area contributed by atoms with Crippen molar-refractivity contribution in [3.8, 4) is 5.88 Å². The highest BCUT2D eigenvalue weighted by Crippen LogP contribution is 2.21. The number of carbonyl (C=O) groups excluding carboxylic acids is 1. The number of aryl methyl sites for hydroxylation is 1. The van der Waals surface area contributed by atoms with Crippen LogP contribution in [-0.2, 0) is 6.54 Å². The number of H-pyrrole nitrogens is 1. The minimum absolute atomic E-state index is 0.0699. The molecule has 1 saturated carbocycles. The second-order valence-corrected chi connectivity index (χ2v) is 7.64. The second kappa shape index (κ2) is 7.19. The molecule has 0 aromatic carbocycles. The van der Waals surface area contributed by atoms with Gasteiger partial charge < -0.3 is 14.8 Å². The van der Waals surface area contributed by atoms with Crippen molar-refractivity contribution in [3.63, 3.8) is 0 Å². The number of nitrogens with one attached hydrogen (secondary N) is 2. The Morgan fingerprint density at radius 3 is 2.83 bits per heavy atom. The van der Waals surface area contributed by atoms with Crippen LogP contribution in [0.1, 0.15) is 54.4 Å². The fourth-order valence-electron chi connectivity index (χ4n) is 3.15. The molecular weight excluding hydrogens is 376 g/mol. The van der Waals surface area contributed by atoms with Crippen LogP contribution in [0.3, 0.4) is 0 Å². The van der Waals surface area contributed by atoms with Gasteiger partial charge in [-0.3, -0.25) is 4.79 Å². The zero-order chi connectivity index (χ0) is 20.7. The first-order valence-corrected chi connectivity index (χ1v) is 9.53. The van der Waals surface area contributed by atoms with E-state index in [-0.39, 0.29) is 23.4 Å². The summed E-state index contributed by atoms with van der Waals surface area (Å²) >= 11 is 0. The molecule has 1 amide bonds. The Balaban J connectivity index is 1.86. The summed E-state index contributed by atoms with van der Waals surface area (Å²) in [5, 5.41) is 24.2. The van der Waals surface area contributed by atoms with E-state index in [9.17, 15) is 14.7 Å². The fourth-order valence-corrected chi connectivity index (χ4v) is 3.15. The molecule has 0 saturated heterocycles. The van der Waals surface area contributed by atoms with Crippen molar-refractivity contribution in [2.24, 2.45) is 5.92 Å². The second-order valence-electron chi connectivity index (χ2n) is 7.64. The summed E-state index contributed by atoms with van der Waals surface area (Å²) in [4.78, 5) is 25.5. The topological polar surface area (TPSA) is 129 Å². The lowest BCUT2D eigenvalue weighted by Gasteiger charge is -2.10. The highest BCUT2D eigenvalue weighted by Gasteiger charge is 2.34. The maximum atomic E-state index is 13.0. The third-order valence-electron chi connectivity index (χ3n) is 4.61. The molecule has 0 aliphatic heterocycles. The van der Waals surface area contributed by atoms with Gasteiger partial charge in [-0.15, -0.1) is 10.2 Å². The molecule has 4 rings (SSSR count). The molecule has 10 heteroatoms. The predicted molar refractivity (Wildman–Crippen MR) is 103 cm³/mol. The number of nitrogens with zero attached hydrogens (tertiary/aromatic N) is 4. The zero-order valence-electron chi connectivity index (χ0n) is 16.5. The van der Waals surface area contributed by atoms with Crippen LogP contribution in [-0.4, -0.2) is 36.9 Å². The molecule has 1 aliphatic carbocycles. The standard InChI is InChI=1S/C19H22N6O4/c1-10(2)9-24-17-12(4-7-14-23-22-11(3)29-14)8-20-25(17)19(28)15(18(24)27)16(26)21-13-5-6-13/h4,7-8,10,13H,5-6,9H2,1-3H3,(H2,21,26,27,28)/p+1/b7-4+. The molecule has 0 atom stereocenters. The molecule has 1 fully saturated rings. The van der Waals surface area contributed by atoms with Gasteiger partial charge in [-0.25, -0.2) is 9.89 Å². The number of fused-ring (bicyclic) bond motifs is 1. The quantitative estimate of drug-likeness (QED) is 0.531. The van der Waals surface area contributed by atoms with Crippen molar-refractivity contribution in [1.29, 1.82) is 0 Å². The summed E-state index contributed by atoms with van der Waals surface area (Å²) in [5.74, 6) is 0.0272. The molecule has 3 N–H and O–H groups in total. The fraction of sp³-hybridized carbons (Fsp3) is 0.421. The summed E-state index contributed by atoms with van der Waals surface area (Å²) in [6.45, 7) is 6.08. The van der Waals surface area contributed by atoms with Gasteiger partial charge in [0.25, 0.3) is 5.91 Å². The van der Waals surface area contributed by atoms with E-state index >= 15 is 0 Å². The SMILES string of the molecule is Cc1nnc(/C=C/c2c[nH]n3c(=O)c(C(=O)NC4CC4)c(O)[n+](CC(C)C)c23)o1. The average Bonchev–Trinajstić information content (AvgIpc) is 3.20. The van der Waals surface area contributed by atoms with Crippen LogP contribution in [0.5, 0.6) is 5.88 Å². The van der Waals surface area contributed by atoms with Crippen LogP contribution in [0, 0.1) is 12.8 Å². The van der Waals surface area contributed by atoms with Gasteiger partial charge in [-0.1, -0.05) is 18.4 Å². The lowest BCUT2D eigenvalue weighted by molar-refractivity contribution is -0.686. The maximum absolute atomic E-state index is 13.0. The van der Waals surface area contributed by atoms with Crippen LogP contribution >= 0.6 is 0 Å². The minimum Gasteiger partial charge on any atom is -0.477 e. The summed E-state index contributed by atoms with van der Waals surface area (Å²) < 4.78 is 8.17. The molecule has 3 aromatic heterocycles. The van der Waals surface area contributed by atoms with Crippen LogP contribution in [0.15, 0.2) is 15.4 Å². The molecule has 29 heavy (non-hydrogen) atoms. The zero-order valence-corrected chi connectivity index (χ0v) is 16.5. The Morgan fingerprint density at radius 1 is 1.45 bits per heavy atom. The van der Waals surface area contributed by atoms with Gasteiger partial charge in [0.2, 0.25) is 17.3 Å². The molecule has 0 spiro atoms. The Labute approximate surface area is 165 Å². The van der Waals surface area contributed by atoms with E-state index in [2.05, 4.69) is 20.6 Å². The Morgan fingerprint density at radius 2 is 2.21 bits per heavy atom. The van der Waals surface area contributed by atoms with Crippen LogP contribution < -0.4 is 15.4 Å². The van der Waals surface area contributed by atoms with E-state index in [0.717, 1.165) is 12.8 Å². The number of aromatic hydroxyl groups is 1. The van der Waals surface area contributed by atoms with Crippen molar-refractivity contribution in [1.82, 2.24) is 25.1 Å². The number of hydrogen-bond donors (Lipinski definition) is 3. The summed E-state index contributed by atoms with van der Waals surface area (Å²) in [7, 11) is 0. The maximum Gasteiger partial charge on any atom is 0.378 e. The summed E-state index contributed by atoms with van der Waals surface area (Å²) in [5.41, 5.74) is 0.198. The molecule has 3 aromatic rings. The van der Waals surface area contributed by atoms with Gasteiger partial charge in [0, 0.05) is 19.0 Å². The largest absolute Gasteiger partial charge is 0.477 e. The molecule has 152 valence electrons. The first kappa shape index (κ1) is 18.9. The lowest BCUT2D eigenvalue weighted by atomic mass is 10.2. The smallest absolute Gasteiger partial charge is 0.378 e. The number of rotatable bonds is 6. The number of carbonyl (C=O) groups is 1. The van der Waals surface area contributed by atoms with Crippen molar-refractivity contribution in [2.45, 2.75) is 46.2 Å². The number of aromatic nitrogens is 5. The van der Waals surface area contributed by atoms with Crippen LogP contribution in [0.4, 0.5) is 0 Å². The highest BCUT2D eigenvalue weighted by atomic mass is 16.4. The van der Waals surface area contributed by atoms with E-state index in [1.54, 1.807) is 29.8 Å². The molecule has 1 aliphatic rings. The molecule has 0 unspecified atom stereocenters. The third-order valence-corrected chi connectivity index (χ3v) is 4.61. The molecule has 10 nitrogen and oxygen atoms in total. The van der Waals surface area contributed by atoms with Gasteiger partial charge in [0.15, 0.2) is 0 Å². The Kier molecular flexibility index (Phi) is 4.69. The monoisotopic (exact) mass is 399 g/mol. The van der Waals surface area contributed by atoms with Crippen LogP contribution in [0.25, 0.3) is 17.8 Å². The lowest BCUT2D eigenvalue weighted by Crippen LogP contribution is -2.46. The molecule has 3 heterocycles. The Bertz CT molecular complexity index is 1170. The van der Waals surface area contributed by atoms with Crippen LogP contribution in [0.2, 0.25) is 0 Å². The van der Waals surface area contributed by atoms with E-state index < -0.39 is 11.5 Å². The van der Waals surface area contributed by atoms with E-state index in [4.69, 9.17) is 4.42 Å². The number of hydrogen-bond acceptors (Lipinski definition) is 6. The minimum atomic E-state index is -0.607. The van der Waals surface area contributed by atoms with Gasteiger partial charge in [0.1, 0.15) is 0 Å². The first-order chi connectivity index (χ1) is 13.8. The van der Waals surface area contributed by atoms with E-state index in [1.165, 1.54) is 4.52 Å². The van der Waals surface area contributed by atoms with E-state index in [1.807, 2.05) is 13.8 Å². The van der Waals surface area contributed by atoms with Gasteiger partial charge in [-0.2, -0.15) is 4.57 Å². The average molecular weight is 399 g/mol. The highest BCUT2D eigenvalue weighted by molar-refractivity contribution is 5.96. The van der Waals surface area contributed by atoms with Crippen molar-refractivity contribution in [3.05, 3.63) is 39.5 Å². The molecular formula is C19H23N6O4+. The first-order valence-electron chi connectivity index (χ1n) is 9.53. The Hall–Kier alpha value is -3.43. The molecule has 0 bridgehead atoms. The van der Waals surface area contributed by atoms with Gasteiger partial charge >= 0.3 is 17.1 Å². The number of amides is 1. The summed E-state index contributed by atoms with van der Waals surface area (Å²) in [6, 6.07) is 0.0699. The summed E-state index contributed by atoms with van der Waals surface area (Å²) in [6.07, 6.45) is 6.72. The van der Waals surface area contributed by atoms with Gasteiger partial charge in [0.05, 0.1) is 18.3 Å².